The van der Waals surface area contributed by atoms with E-state index in [9.17, 15) is 4.79 Å². The lowest BCUT2D eigenvalue weighted by atomic mass is 10.0. The Morgan fingerprint density at radius 2 is 2.13 bits per heavy atom. The highest BCUT2D eigenvalue weighted by Gasteiger charge is 2.13. The molecule has 0 atom stereocenters. The summed E-state index contributed by atoms with van der Waals surface area (Å²) in [5.74, 6) is 0.231. The number of halogens is 1. The highest BCUT2D eigenvalue weighted by molar-refractivity contribution is 6.32. The van der Waals surface area contributed by atoms with Gasteiger partial charge in [-0.2, -0.15) is 5.26 Å². The molecule has 2 rings (SSSR count). The third-order valence-corrected chi connectivity index (χ3v) is 3.73. The van der Waals surface area contributed by atoms with E-state index >= 15 is 0 Å². The second-order valence-electron chi connectivity index (χ2n) is 5.02. The molecule has 0 aliphatic carbocycles. The Balaban J connectivity index is 2.14. The number of nitrogens with zero attached hydrogens (tertiary/aromatic N) is 1. The van der Waals surface area contributed by atoms with Gasteiger partial charge in [-0.1, -0.05) is 17.7 Å². The van der Waals surface area contributed by atoms with Gasteiger partial charge in [0, 0.05) is 12.2 Å². The van der Waals surface area contributed by atoms with Crippen LogP contribution in [0.5, 0.6) is 5.75 Å². The zero-order valence-electron chi connectivity index (χ0n) is 12.8. The summed E-state index contributed by atoms with van der Waals surface area (Å²) in [7, 11) is 1.54. The van der Waals surface area contributed by atoms with Crippen molar-refractivity contribution < 1.29 is 9.53 Å². The van der Waals surface area contributed by atoms with Crippen molar-refractivity contribution in [3.05, 3.63) is 57.6 Å². The molecule has 0 fully saturated rings. The largest absolute Gasteiger partial charge is 0.495 e. The molecule has 0 aliphatic rings. The van der Waals surface area contributed by atoms with E-state index in [0.29, 0.717) is 22.0 Å². The molecule has 0 saturated carbocycles. The number of hydrogen-bond acceptors (Lipinski definition) is 4. The summed E-state index contributed by atoms with van der Waals surface area (Å²) in [5, 5.41) is 12.3. The van der Waals surface area contributed by atoms with Gasteiger partial charge in [-0.25, -0.2) is 0 Å². The van der Waals surface area contributed by atoms with Crippen LogP contribution in [-0.4, -0.2) is 13.0 Å². The second kappa shape index (κ2) is 7.03. The second-order valence-corrected chi connectivity index (χ2v) is 5.42. The fraction of sp³-hybridized carbons (Fsp3) is 0.176. The SMILES string of the molecule is COc1ccc(CNC(=O)c2cc(C#N)c(C)cc2N)cc1Cl. The molecule has 3 N–H and O–H groups in total. The van der Waals surface area contributed by atoms with E-state index in [1.54, 1.807) is 25.1 Å². The van der Waals surface area contributed by atoms with Gasteiger partial charge in [0.1, 0.15) is 5.75 Å². The number of aryl methyl sites for hydroxylation is 1. The molecule has 23 heavy (non-hydrogen) atoms. The van der Waals surface area contributed by atoms with Crippen molar-refractivity contribution >= 4 is 23.2 Å². The maximum Gasteiger partial charge on any atom is 0.253 e. The molecule has 6 heteroatoms. The van der Waals surface area contributed by atoms with Crippen molar-refractivity contribution in [3.8, 4) is 11.8 Å². The first-order chi connectivity index (χ1) is 11.0. The van der Waals surface area contributed by atoms with Crippen LogP contribution in [0.2, 0.25) is 5.02 Å². The maximum atomic E-state index is 12.3. The standard InChI is InChI=1S/C17H16ClN3O2/c1-10-5-15(20)13(7-12(10)8-19)17(22)21-9-11-3-4-16(23-2)14(18)6-11/h3-7H,9,20H2,1-2H3,(H,21,22). The van der Waals surface area contributed by atoms with E-state index < -0.39 is 0 Å². The molecule has 1 amide bonds. The van der Waals surface area contributed by atoms with Crippen LogP contribution < -0.4 is 15.8 Å². The zero-order chi connectivity index (χ0) is 17.0. The minimum absolute atomic E-state index is 0.284. The number of nitrogens with one attached hydrogen (secondary N) is 1. The molecule has 0 aliphatic heterocycles. The summed E-state index contributed by atoms with van der Waals surface area (Å²) in [6.07, 6.45) is 0. The minimum atomic E-state index is -0.342. The van der Waals surface area contributed by atoms with Crippen LogP contribution in [0.15, 0.2) is 30.3 Å². The number of benzene rings is 2. The predicted molar refractivity (Wildman–Crippen MR) is 89.5 cm³/mol. The number of carbonyl (C=O) groups is 1. The molecule has 0 saturated heterocycles. The van der Waals surface area contributed by atoms with Gasteiger partial charge in [0.2, 0.25) is 0 Å². The van der Waals surface area contributed by atoms with Crippen molar-refractivity contribution in [2.24, 2.45) is 0 Å². The number of nitrogen functional groups attached to an aromatic ring is 1. The van der Waals surface area contributed by atoms with Crippen LogP contribution in [0.4, 0.5) is 5.69 Å². The van der Waals surface area contributed by atoms with Crippen LogP contribution in [-0.2, 0) is 6.54 Å². The summed E-state index contributed by atoms with van der Waals surface area (Å²) < 4.78 is 5.08. The number of methoxy groups -OCH3 is 1. The lowest BCUT2D eigenvalue weighted by Gasteiger charge is -2.10. The first-order valence-electron chi connectivity index (χ1n) is 6.87. The van der Waals surface area contributed by atoms with Crippen molar-refractivity contribution in [2.75, 3.05) is 12.8 Å². The summed E-state index contributed by atoms with van der Waals surface area (Å²) >= 11 is 6.05. The van der Waals surface area contributed by atoms with Gasteiger partial charge in [0.05, 0.1) is 29.3 Å². The minimum Gasteiger partial charge on any atom is -0.495 e. The topological polar surface area (TPSA) is 88.1 Å². The maximum absolute atomic E-state index is 12.3. The number of carbonyl (C=O) groups excluding carboxylic acids is 1. The van der Waals surface area contributed by atoms with E-state index in [-0.39, 0.29) is 18.0 Å². The summed E-state index contributed by atoms with van der Waals surface area (Å²) in [5.41, 5.74) is 8.49. The average Bonchev–Trinajstić information content (AvgIpc) is 2.53. The van der Waals surface area contributed by atoms with Crippen molar-refractivity contribution in [1.82, 2.24) is 5.32 Å². The lowest BCUT2D eigenvalue weighted by molar-refractivity contribution is 0.0952. The van der Waals surface area contributed by atoms with Crippen LogP contribution >= 0.6 is 11.6 Å². The first kappa shape index (κ1) is 16.7. The van der Waals surface area contributed by atoms with Gasteiger partial charge in [-0.3, -0.25) is 4.79 Å². The van der Waals surface area contributed by atoms with Gasteiger partial charge in [0.25, 0.3) is 5.91 Å². The Hall–Kier alpha value is -2.71. The van der Waals surface area contributed by atoms with Gasteiger partial charge >= 0.3 is 0 Å². The molecule has 0 aromatic heterocycles. The molecular weight excluding hydrogens is 314 g/mol. The number of rotatable bonds is 4. The lowest BCUT2D eigenvalue weighted by Crippen LogP contribution is -2.24. The van der Waals surface area contributed by atoms with E-state index in [0.717, 1.165) is 11.1 Å². The molecule has 0 spiro atoms. The normalized spacial score (nSPS) is 10.0. The number of nitriles is 1. The molecule has 0 unspecified atom stereocenters. The van der Waals surface area contributed by atoms with Crippen LogP contribution in [0.3, 0.4) is 0 Å². The van der Waals surface area contributed by atoms with Gasteiger partial charge < -0.3 is 15.8 Å². The van der Waals surface area contributed by atoms with E-state index in [1.807, 2.05) is 12.1 Å². The molecule has 2 aromatic rings. The van der Waals surface area contributed by atoms with Crippen LogP contribution in [0.1, 0.15) is 27.0 Å². The van der Waals surface area contributed by atoms with E-state index in [4.69, 9.17) is 27.3 Å². The van der Waals surface area contributed by atoms with Gasteiger partial charge in [0.15, 0.2) is 0 Å². The number of hydrogen-bond donors (Lipinski definition) is 2. The van der Waals surface area contributed by atoms with Crippen LogP contribution in [0.25, 0.3) is 0 Å². The number of nitrogens with two attached hydrogens (primary N) is 1. The molecule has 0 radical (unpaired) electrons. The summed E-state index contributed by atoms with van der Waals surface area (Å²) in [6.45, 7) is 2.06. The Bertz CT molecular complexity index is 797. The van der Waals surface area contributed by atoms with Crippen molar-refractivity contribution in [1.29, 1.82) is 5.26 Å². The van der Waals surface area contributed by atoms with E-state index in [1.165, 1.54) is 13.2 Å². The third kappa shape index (κ3) is 3.74. The summed E-state index contributed by atoms with van der Waals surface area (Å²) in [4.78, 5) is 12.3. The Morgan fingerprint density at radius 1 is 1.39 bits per heavy atom. The van der Waals surface area contributed by atoms with E-state index in [2.05, 4.69) is 5.32 Å². The fourth-order valence-corrected chi connectivity index (χ4v) is 2.43. The highest BCUT2D eigenvalue weighted by atomic mass is 35.5. The Labute approximate surface area is 139 Å². The monoisotopic (exact) mass is 329 g/mol. The van der Waals surface area contributed by atoms with Gasteiger partial charge in [-0.15, -0.1) is 0 Å². The van der Waals surface area contributed by atoms with Crippen molar-refractivity contribution in [2.45, 2.75) is 13.5 Å². The zero-order valence-corrected chi connectivity index (χ0v) is 13.6. The third-order valence-electron chi connectivity index (χ3n) is 3.43. The van der Waals surface area contributed by atoms with Crippen LogP contribution in [0, 0.1) is 18.3 Å². The molecule has 0 heterocycles. The fourth-order valence-electron chi connectivity index (χ4n) is 2.14. The number of anilines is 1. The number of amides is 1. The van der Waals surface area contributed by atoms with Crippen molar-refractivity contribution in [3.63, 3.8) is 0 Å². The molecule has 118 valence electrons. The number of ether oxygens (including phenoxy) is 1. The smallest absolute Gasteiger partial charge is 0.253 e. The summed E-state index contributed by atoms with van der Waals surface area (Å²) in [6, 6.07) is 10.4. The average molecular weight is 330 g/mol. The molecule has 0 bridgehead atoms. The molecule has 5 nitrogen and oxygen atoms in total. The quantitative estimate of drug-likeness (QED) is 0.844. The Morgan fingerprint density at radius 3 is 2.74 bits per heavy atom. The first-order valence-corrected chi connectivity index (χ1v) is 7.25. The Kier molecular flexibility index (Phi) is 5.09. The highest BCUT2D eigenvalue weighted by Crippen LogP contribution is 2.25. The molecular formula is C17H16ClN3O2. The molecule has 2 aromatic carbocycles. The van der Waals surface area contributed by atoms with Gasteiger partial charge in [-0.05, 0) is 42.3 Å². The predicted octanol–water partition coefficient (Wildman–Crippen LogP) is 3.04.